The molecule has 7 heteroatoms. The van der Waals surface area contributed by atoms with Gasteiger partial charge < -0.3 is 5.32 Å². The molecule has 0 atom stereocenters. The molecule has 0 fully saturated rings. The molecule has 0 unspecified atom stereocenters. The van der Waals surface area contributed by atoms with Crippen LogP contribution in [0.25, 0.3) is 11.5 Å². The normalized spacial score (nSPS) is 10.4. The number of hydrogen-bond acceptors (Lipinski definition) is 5. The Bertz CT molecular complexity index is 481. The Hall–Kier alpha value is -2.05. The first-order valence-electron chi connectivity index (χ1n) is 4.86. The Labute approximate surface area is 91.3 Å². The third-order valence-electron chi connectivity index (χ3n) is 2.01. The van der Waals surface area contributed by atoms with Crippen molar-refractivity contribution < 1.29 is 4.39 Å². The minimum Gasteiger partial charge on any atom is -0.368 e. The predicted octanol–water partition coefficient (Wildman–Crippen LogP) is 1.14. The molecular formula is C9H11FN6. The van der Waals surface area contributed by atoms with Crippen molar-refractivity contribution in [2.24, 2.45) is 0 Å². The van der Waals surface area contributed by atoms with E-state index in [-0.39, 0.29) is 11.5 Å². The van der Waals surface area contributed by atoms with Crippen LogP contribution in [-0.4, -0.2) is 31.9 Å². The van der Waals surface area contributed by atoms with Crippen molar-refractivity contribution in [2.45, 2.75) is 13.8 Å². The monoisotopic (exact) mass is 222 g/mol. The van der Waals surface area contributed by atoms with E-state index in [1.165, 1.54) is 6.20 Å². The van der Waals surface area contributed by atoms with Gasteiger partial charge in [0.1, 0.15) is 5.69 Å². The fraction of sp³-hybridized carbons (Fsp3) is 0.333. The maximum absolute atomic E-state index is 13.6. The zero-order valence-corrected chi connectivity index (χ0v) is 8.95. The van der Waals surface area contributed by atoms with E-state index in [4.69, 9.17) is 0 Å². The number of nitrogens with one attached hydrogen (secondary N) is 2. The van der Waals surface area contributed by atoms with Crippen LogP contribution in [0, 0.1) is 12.7 Å². The van der Waals surface area contributed by atoms with Crippen LogP contribution in [0.4, 0.5) is 10.2 Å². The van der Waals surface area contributed by atoms with E-state index in [9.17, 15) is 4.39 Å². The molecule has 0 radical (unpaired) electrons. The summed E-state index contributed by atoms with van der Waals surface area (Å²) < 4.78 is 13.6. The summed E-state index contributed by atoms with van der Waals surface area (Å²) >= 11 is 0. The maximum Gasteiger partial charge on any atom is 0.186 e. The van der Waals surface area contributed by atoms with Crippen LogP contribution in [0.1, 0.15) is 12.6 Å². The van der Waals surface area contributed by atoms with E-state index in [1.807, 2.05) is 6.92 Å². The number of H-pyrrole nitrogens is 1. The maximum atomic E-state index is 13.6. The lowest BCUT2D eigenvalue weighted by Crippen LogP contribution is -2.06. The van der Waals surface area contributed by atoms with Gasteiger partial charge in [-0.3, -0.25) is 0 Å². The molecule has 2 N–H and O–H groups in total. The van der Waals surface area contributed by atoms with Crippen molar-refractivity contribution in [3.63, 3.8) is 0 Å². The summed E-state index contributed by atoms with van der Waals surface area (Å²) in [5, 5.41) is 12.8. The predicted molar refractivity (Wildman–Crippen MR) is 56.3 cm³/mol. The molecule has 0 saturated carbocycles. The second-order valence-corrected chi connectivity index (χ2v) is 3.18. The van der Waals surface area contributed by atoms with Gasteiger partial charge in [-0.05, 0) is 13.8 Å². The van der Waals surface area contributed by atoms with Gasteiger partial charge in [-0.2, -0.15) is 15.4 Å². The van der Waals surface area contributed by atoms with E-state index in [0.29, 0.717) is 18.1 Å². The topological polar surface area (TPSA) is 79.4 Å². The summed E-state index contributed by atoms with van der Waals surface area (Å²) in [6.45, 7) is 4.04. The summed E-state index contributed by atoms with van der Waals surface area (Å²) in [5.41, 5.74) is 0.770. The number of aromatic amines is 1. The number of rotatable bonds is 3. The van der Waals surface area contributed by atoms with E-state index >= 15 is 0 Å². The molecule has 2 heterocycles. The zero-order chi connectivity index (χ0) is 11.5. The number of nitrogens with zero attached hydrogens (tertiary/aromatic N) is 4. The van der Waals surface area contributed by atoms with Crippen molar-refractivity contribution in [1.82, 2.24) is 25.4 Å². The van der Waals surface area contributed by atoms with Crippen LogP contribution >= 0.6 is 0 Å². The van der Waals surface area contributed by atoms with Gasteiger partial charge in [-0.25, -0.2) is 14.4 Å². The Morgan fingerprint density at radius 2 is 2.25 bits per heavy atom. The Morgan fingerprint density at radius 3 is 2.88 bits per heavy atom. The molecule has 0 aromatic carbocycles. The zero-order valence-electron chi connectivity index (χ0n) is 8.95. The van der Waals surface area contributed by atoms with Gasteiger partial charge >= 0.3 is 0 Å². The molecule has 6 nitrogen and oxygen atoms in total. The van der Waals surface area contributed by atoms with E-state index < -0.39 is 5.82 Å². The highest BCUT2D eigenvalue weighted by Crippen LogP contribution is 2.18. The van der Waals surface area contributed by atoms with Gasteiger partial charge in [-0.15, -0.1) is 0 Å². The van der Waals surface area contributed by atoms with Crippen molar-refractivity contribution in [3.8, 4) is 11.5 Å². The van der Waals surface area contributed by atoms with Crippen LogP contribution < -0.4 is 5.32 Å². The number of halogens is 1. The third-order valence-corrected chi connectivity index (χ3v) is 2.01. The highest BCUT2D eigenvalue weighted by Gasteiger charge is 2.13. The molecule has 0 bridgehead atoms. The molecule has 2 aromatic heterocycles. The lowest BCUT2D eigenvalue weighted by Gasteiger charge is -2.06. The highest BCUT2D eigenvalue weighted by atomic mass is 19.1. The smallest absolute Gasteiger partial charge is 0.186 e. The van der Waals surface area contributed by atoms with E-state index in [0.717, 1.165) is 0 Å². The summed E-state index contributed by atoms with van der Waals surface area (Å²) in [6, 6.07) is 0. The van der Waals surface area contributed by atoms with Crippen LogP contribution in [0.5, 0.6) is 0 Å². The molecular weight excluding hydrogens is 211 g/mol. The first kappa shape index (κ1) is 10.5. The van der Waals surface area contributed by atoms with E-state index in [2.05, 4.69) is 30.7 Å². The van der Waals surface area contributed by atoms with Crippen molar-refractivity contribution >= 4 is 5.82 Å². The summed E-state index contributed by atoms with van der Waals surface area (Å²) in [7, 11) is 0. The summed E-state index contributed by atoms with van der Waals surface area (Å²) in [5.74, 6) is 0.102. The van der Waals surface area contributed by atoms with Gasteiger partial charge in [0.05, 0.1) is 11.9 Å². The molecule has 0 spiro atoms. The number of hydrogen-bond donors (Lipinski definition) is 2. The fourth-order valence-electron chi connectivity index (χ4n) is 1.27. The first-order chi connectivity index (χ1) is 7.72. The van der Waals surface area contributed by atoms with Crippen molar-refractivity contribution in [2.75, 3.05) is 11.9 Å². The molecule has 2 aromatic rings. The first-order valence-corrected chi connectivity index (χ1v) is 4.86. The molecule has 0 aliphatic rings. The fourth-order valence-corrected chi connectivity index (χ4v) is 1.27. The van der Waals surface area contributed by atoms with Gasteiger partial charge in [-0.1, -0.05) is 0 Å². The molecule has 0 saturated heterocycles. The number of aromatic nitrogens is 5. The number of aryl methyl sites for hydroxylation is 1. The SMILES string of the molecule is CCNc1nc(-c2cn[nH]n2)nc(C)c1F. The quantitative estimate of drug-likeness (QED) is 0.814. The minimum atomic E-state index is -0.436. The van der Waals surface area contributed by atoms with Crippen LogP contribution in [0.2, 0.25) is 0 Å². The average Bonchev–Trinajstić information content (AvgIpc) is 2.78. The molecule has 0 aliphatic carbocycles. The average molecular weight is 222 g/mol. The Kier molecular flexibility index (Phi) is 2.76. The Balaban J connectivity index is 2.48. The van der Waals surface area contributed by atoms with Gasteiger partial charge in [0.15, 0.2) is 17.5 Å². The Morgan fingerprint density at radius 1 is 1.44 bits per heavy atom. The second kappa shape index (κ2) is 4.21. The minimum absolute atomic E-state index is 0.188. The summed E-state index contributed by atoms with van der Waals surface area (Å²) in [6.07, 6.45) is 1.49. The van der Waals surface area contributed by atoms with Crippen molar-refractivity contribution in [1.29, 1.82) is 0 Å². The highest BCUT2D eigenvalue weighted by molar-refractivity contribution is 5.52. The van der Waals surface area contributed by atoms with Gasteiger partial charge in [0.25, 0.3) is 0 Å². The van der Waals surface area contributed by atoms with Gasteiger partial charge in [0, 0.05) is 6.54 Å². The van der Waals surface area contributed by atoms with Crippen LogP contribution in [0.3, 0.4) is 0 Å². The molecule has 16 heavy (non-hydrogen) atoms. The summed E-state index contributed by atoms with van der Waals surface area (Å²) in [4.78, 5) is 8.06. The van der Waals surface area contributed by atoms with Crippen molar-refractivity contribution in [3.05, 3.63) is 17.7 Å². The molecule has 0 aliphatic heterocycles. The third kappa shape index (κ3) is 1.83. The van der Waals surface area contributed by atoms with Crippen LogP contribution in [-0.2, 0) is 0 Å². The van der Waals surface area contributed by atoms with Gasteiger partial charge in [0.2, 0.25) is 0 Å². The largest absolute Gasteiger partial charge is 0.368 e. The van der Waals surface area contributed by atoms with E-state index in [1.54, 1.807) is 6.92 Å². The lowest BCUT2D eigenvalue weighted by atomic mass is 10.3. The molecule has 2 rings (SSSR count). The number of anilines is 1. The second-order valence-electron chi connectivity index (χ2n) is 3.18. The molecule has 0 amide bonds. The standard InChI is InChI=1S/C9H11FN6/c1-3-11-9-7(10)5(2)13-8(14-9)6-4-12-16-15-6/h4H,3H2,1-2H3,(H,11,13,14)(H,12,15,16). The lowest BCUT2D eigenvalue weighted by molar-refractivity contribution is 0.606. The van der Waals surface area contributed by atoms with Crippen LogP contribution in [0.15, 0.2) is 6.20 Å². The molecule has 84 valence electrons.